The van der Waals surface area contributed by atoms with E-state index in [0.717, 1.165) is 0 Å². The smallest absolute Gasteiger partial charge is 0.166 e. The number of phenols is 8. The molecule has 44 heavy (non-hydrogen) atoms. The molecule has 12 nitrogen and oxygen atoms in total. The summed E-state index contributed by atoms with van der Waals surface area (Å²) in [7, 11) is 0. The van der Waals surface area contributed by atoms with Crippen molar-refractivity contribution < 1.29 is 40.9 Å². The Labute approximate surface area is 249 Å². The van der Waals surface area contributed by atoms with Gasteiger partial charge in [-0.1, -0.05) is 0 Å². The predicted octanol–water partition coefficient (Wildman–Crippen LogP) is 4.30. The summed E-state index contributed by atoms with van der Waals surface area (Å²) in [6.45, 7) is 0.559. The van der Waals surface area contributed by atoms with Crippen molar-refractivity contribution in [3.05, 3.63) is 59.7 Å². The average Bonchev–Trinajstić information content (AvgIpc) is 3.59. The van der Waals surface area contributed by atoms with Crippen LogP contribution in [0.3, 0.4) is 0 Å². The van der Waals surface area contributed by atoms with Crippen molar-refractivity contribution in [3.8, 4) is 79.6 Å². The average molecular weight is 599 g/mol. The normalized spacial score (nSPS) is 11.6. The van der Waals surface area contributed by atoms with E-state index in [1.165, 1.54) is 24.3 Å². The fourth-order valence-corrected chi connectivity index (χ4v) is 5.70. The number of phenolic OH excluding ortho intramolecular Hbond substituents is 8. The van der Waals surface area contributed by atoms with Gasteiger partial charge in [0.1, 0.15) is 0 Å². The van der Waals surface area contributed by atoms with Gasteiger partial charge in [0.25, 0.3) is 0 Å². The zero-order chi connectivity index (χ0) is 31.4. The minimum absolute atomic E-state index is 0.0679. The predicted molar refractivity (Wildman–Crippen MR) is 165 cm³/mol. The van der Waals surface area contributed by atoms with Crippen LogP contribution in [0.15, 0.2) is 48.5 Å². The molecule has 226 valence electrons. The highest BCUT2D eigenvalue weighted by atomic mass is 16.3. The van der Waals surface area contributed by atoms with Gasteiger partial charge in [-0.15, -0.1) is 0 Å². The summed E-state index contributed by atoms with van der Waals surface area (Å²) in [5.41, 5.74) is 14.6. The molecular formula is C32H30N4O8. The SMILES string of the molecule is NCCc1cc(O)c(O)c(-c2c(O)c(O)cc3[nH]c(-c4cc5c(-c6cc(CCN)cc(O)c6O)c(O)c(O)cc5[nH]4)cc23)c1. The lowest BCUT2D eigenvalue weighted by Gasteiger charge is -2.13. The minimum Gasteiger partial charge on any atom is -0.504 e. The van der Waals surface area contributed by atoms with Crippen molar-refractivity contribution in [1.29, 1.82) is 0 Å². The van der Waals surface area contributed by atoms with Crippen LogP contribution in [-0.2, 0) is 12.8 Å². The first-order chi connectivity index (χ1) is 21.0. The number of aromatic nitrogens is 2. The number of hydrogen-bond donors (Lipinski definition) is 12. The standard InChI is InChI=1S/C32H30N4O8/c33-3-1-13-5-17(29(41)23(37)7-13)27-15-9-21(35-19(15)11-25(39)31(27)43)22-10-16-20(36-22)12-26(40)32(44)28(16)18-6-14(2-4-34)8-24(38)30(18)42/h5-12,35-44H,1-4,33-34H2. The van der Waals surface area contributed by atoms with Crippen molar-refractivity contribution in [2.24, 2.45) is 11.5 Å². The van der Waals surface area contributed by atoms with Gasteiger partial charge in [-0.05, 0) is 73.5 Å². The molecule has 0 atom stereocenters. The minimum atomic E-state index is -0.510. The van der Waals surface area contributed by atoms with Crippen molar-refractivity contribution >= 4 is 21.8 Å². The maximum Gasteiger partial charge on any atom is 0.166 e. The van der Waals surface area contributed by atoms with Crippen LogP contribution in [0.2, 0.25) is 0 Å². The molecule has 0 aliphatic rings. The molecule has 4 aromatic carbocycles. The van der Waals surface area contributed by atoms with Crippen LogP contribution < -0.4 is 11.5 Å². The second kappa shape index (κ2) is 10.5. The van der Waals surface area contributed by atoms with Gasteiger partial charge in [0.15, 0.2) is 46.0 Å². The summed E-state index contributed by atoms with van der Waals surface area (Å²) in [5.74, 6) is -3.76. The number of hydrogen-bond acceptors (Lipinski definition) is 10. The van der Waals surface area contributed by atoms with Crippen molar-refractivity contribution in [2.75, 3.05) is 13.1 Å². The number of aromatic amines is 2. The molecule has 6 aromatic rings. The largest absolute Gasteiger partial charge is 0.504 e. The summed E-state index contributed by atoms with van der Waals surface area (Å²) < 4.78 is 0. The molecule has 0 unspecified atom stereocenters. The number of rotatable bonds is 7. The first-order valence-corrected chi connectivity index (χ1v) is 13.7. The zero-order valence-corrected chi connectivity index (χ0v) is 23.2. The number of H-pyrrole nitrogens is 2. The summed E-state index contributed by atoms with van der Waals surface area (Å²) in [5, 5.41) is 86.0. The van der Waals surface area contributed by atoms with Gasteiger partial charge < -0.3 is 62.3 Å². The number of aromatic hydroxyl groups is 8. The van der Waals surface area contributed by atoms with Crippen LogP contribution in [0.25, 0.3) is 55.4 Å². The molecule has 14 N–H and O–H groups in total. The second-order valence-corrected chi connectivity index (χ2v) is 10.6. The third-order valence-electron chi connectivity index (χ3n) is 7.75. The van der Waals surface area contributed by atoms with Gasteiger partial charge in [-0.2, -0.15) is 0 Å². The Morgan fingerprint density at radius 3 is 1.18 bits per heavy atom. The highest BCUT2D eigenvalue weighted by Crippen LogP contribution is 2.51. The molecule has 0 saturated heterocycles. The molecule has 0 aliphatic heterocycles. The lowest BCUT2D eigenvalue weighted by atomic mass is 9.95. The molecule has 6 rings (SSSR count). The fraction of sp³-hybridized carbons (Fsp3) is 0.125. The Kier molecular flexibility index (Phi) is 6.79. The van der Waals surface area contributed by atoms with E-state index in [1.807, 2.05) is 0 Å². The molecular weight excluding hydrogens is 568 g/mol. The van der Waals surface area contributed by atoms with E-state index in [-0.39, 0.29) is 35.3 Å². The highest BCUT2D eigenvalue weighted by Gasteiger charge is 2.24. The van der Waals surface area contributed by atoms with E-state index in [0.29, 0.717) is 57.2 Å². The maximum atomic E-state index is 10.9. The van der Waals surface area contributed by atoms with Gasteiger partial charge in [0.05, 0.1) is 22.4 Å². The summed E-state index contributed by atoms with van der Waals surface area (Å²) in [4.78, 5) is 6.33. The van der Waals surface area contributed by atoms with Crippen LogP contribution >= 0.6 is 0 Å². The highest BCUT2D eigenvalue weighted by molar-refractivity contribution is 6.06. The molecule has 0 radical (unpaired) electrons. The van der Waals surface area contributed by atoms with Crippen LogP contribution in [-0.4, -0.2) is 63.9 Å². The Hall–Kier alpha value is -5.72. The molecule has 0 saturated carbocycles. The third-order valence-corrected chi connectivity index (χ3v) is 7.75. The molecule has 0 aliphatic carbocycles. The third kappa shape index (κ3) is 4.49. The lowest BCUT2D eigenvalue weighted by molar-refractivity contribution is 0.400. The summed E-state index contributed by atoms with van der Waals surface area (Å²) >= 11 is 0. The number of nitrogens with two attached hydrogens (primary N) is 2. The maximum absolute atomic E-state index is 10.9. The van der Waals surface area contributed by atoms with E-state index in [1.54, 1.807) is 24.3 Å². The van der Waals surface area contributed by atoms with Crippen LogP contribution in [0.5, 0.6) is 46.0 Å². The number of benzene rings is 4. The molecule has 0 amide bonds. The first kappa shape index (κ1) is 28.4. The van der Waals surface area contributed by atoms with Crippen LogP contribution in [0, 0.1) is 0 Å². The molecule has 12 heteroatoms. The van der Waals surface area contributed by atoms with Crippen molar-refractivity contribution in [1.82, 2.24) is 9.97 Å². The number of fused-ring (bicyclic) bond motifs is 2. The molecule has 0 spiro atoms. The van der Waals surface area contributed by atoms with E-state index in [2.05, 4.69) is 9.97 Å². The molecule has 0 bridgehead atoms. The Morgan fingerprint density at radius 1 is 0.455 bits per heavy atom. The van der Waals surface area contributed by atoms with E-state index in [4.69, 9.17) is 11.5 Å². The molecule has 0 fully saturated rings. The molecule has 2 aromatic heterocycles. The van der Waals surface area contributed by atoms with Gasteiger partial charge in [-0.3, -0.25) is 0 Å². The van der Waals surface area contributed by atoms with Crippen molar-refractivity contribution in [3.63, 3.8) is 0 Å². The zero-order valence-electron chi connectivity index (χ0n) is 23.2. The van der Waals surface area contributed by atoms with Gasteiger partial charge in [0, 0.05) is 45.2 Å². The quantitative estimate of drug-likeness (QED) is 0.116. The molecule has 2 heterocycles. The van der Waals surface area contributed by atoms with E-state index < -0.39 is 46.0 Å². The van der Waals surface area contributed by atoms with Gasteiger partial charge in [0.2, 0.25) is 0 Å². The van der Waals surface area contributed by atoms with E-state index >= 15 is 0 Å². The first-order valence-electron chi connectivity index (χ1n) is 13.7. The Balaban J connectivity index is 1.58. The van der Waals surface area contributed by atoms with Crippen LogP contribution in [0.4, 0.5) is 0 Å². The lowest BCUT2D eigenvalue weighted by Crippen LogP contribution is -2.02. The van der Waals surface area contributed by atoms with E-state index in [9.17, 15) is 40.9 Å². The number of nitrogens with one attached hydrogen (secondary N) is 2. The Bertz CT molecular complexity index is 1950. The summed E-state index contributed by atoms with van der Waals surface area (Å²) in [6.07, 6.45) is 0.781. The van der Waals surface area contributed by atoms with Crippen LogP contribution in [0.1, 0.15) is 11.1 Å². The Morgan fingerprint density at radius 2 is 0.818 bits per heavy atom. The van der Waals surface area contributed by atoms with Gasteiger partial charge in [-0.25, -0.2) is 0 Å². The summed E-state index contributed by atoms with van der Waals surface area (Å²) in [6, 6.07) is 11.8. The second-order valence-electron chi connectivity index (χ2n) is 10.6. The van der Waals surface area contributed by atoms with Gasteiger partial charge >= 0.3 is 0 Å². The monoisotopic (exact) mass is 598 g/mol. The topological polar surface area (TPSA) is 245 Å². The fourth-order valence-electron chi connectivity index (χ4n) is 5.70. The van der Waals surface area contributed by atoms with Crippen molar-refractivity contribution in [2.45, 2.75) is 12.8 Å².